The molecule has 2 aliphatic heterocycles. The Morgan fingerprint density at radius 2 is 0.875 bits per heavy atom. The maximum absolute atomic E-state index is 6.15. The van der Waals surface area contributed by atoms with Crippen LogP contribution >= 0.6 is 113 Å². The van der Waals surface area contributed by atoms with E-state index in [1.54, 1.807) is 21.6 Å². The molecule has 4 rings (SSSR count). The lowest BCUT2D eigenvalue weighted by molar-refractivity contribution is 1.14. The van der Waals surface area contributed by atoms with E-state index < -0.39 is 29.4 Å². The van der Waals surface area contributed by atoms with Gasteiger partial charge < -0.3 is 0 Å². The lowest BCUT2D eigenvalue weighted by atomic mass is 10.2. The molecule has 32 heavy (non-hydrogen) atoms. The van der Waals surface area contributed by atoms with Gasteiger partial charge in [-0.15, -0.1) is 0 Å². The second-order valence-corrected chi connectivity index (χ2v) is 17.3. The fourth-order valence-electron chi connectivity index (χ4n) is 3.01. The summed E-state index contributed by atoms with van der Waals surface area (Å²) in [7, 11) is 2.22. The van der Waals surface area contributed by atoms with E-state index in [2.05, 4.69) is 45.9 Å². The van der Waals surface area contributed by atoms with Crippen LogP contribution in [0.3, 0.4) is 0 Å². The van der Waals surface area contributed by atoms with Crippen LogP contribution in [-0.4, -0.2) is 0 Å². The van der Waals surface area contributed by atoms with Crippen LogP contribution in [0, 0.1) is 0 Å². The van der Waals surface area contributed by atoms with Gasteiger partial charge in [-0.05, 0) is 45.9 Å². The van der Waals surface area contributed by atoms with Crippen LogP contribution in [0.1, 0.15) is 11.1 Å². The van der Waals surface area contributed by atoms with Gasteiger partial charge in [0, 0.05) is 30.7 Å². The molecule has 0 nitrogen and oxygen atoms in total. The quantitative estimate of drug-likeness (QED) is 0.194. The molecule has 2 aromatic carbocycles. The van der Waals surface area contributed by atoms with E-state index in [1.165, 1.54) is 0 Å². The Morgan fingerprint density at radius 3 is 1.19 bits per heavy atom. The average Bonchev–Trinajstić information content (AvgIpc) is 3.44. The van der Waals surface area contributed by atoms with Crippen molar-refractivity contribution < 1.29 is 0 Å². The van der Waals surface area contributed by atoms with Crippen molar-refractivity contribution >= 4 is 113 Å². The Labute approximate surface area is 231 Å². The van der Waals surface area contributed by atoms with E-state index in [0.29, 0.717) is 11.1 Å². The van der Waals surface area contributed by atoms with E-state index in [1.807, 2.05) is 36.4 Å². The van der Waals surface area contributed by atoms with Gasteiger partial charge in [0.2, 0.25) is 7.59 Å². The highest BCUT2D eigenvalue weighted by molar-refractivity contribution is 8.76. The molecule has 0 atom stereocenters. The monoisotopic (exact) mass is 618 g/mol. The van der Waals surface area contributed by atoms with Gasteiger partial charge in [-0.2, -0.15) is 21.8 Å². The topological polar surface area (TPSA) is 0 Å². The van der Waals surface area contributed by atoms with Crippen molar-refractivity contribution in [3.05, 3.63) is 93.5 Å². The minimum Gasteiger partial charge on any atom is -0.185 e. The SMILES string of the molecule is ClC(Cl)(Cl)c1ccc(SSc2ccc(C(Cl)(Cl)Cl)cc2[SH]2C=CC=C2)c([SH]2C=CC=C2)c1. The van der Waals surface area contributed by atoms with Crippen molar-refractivity contribution in [3.8, 4) is 0 Å². The van der Waals surface area contributed by atoms with Crippen molar-refractivity contribution in [1.82, 2.24) is 0 Å². The third kappa shape index (κ3) is 6.20. The Hall–Kier alpha value is 0.540. The van der Waals surface area contributed by atoms with Gasteiger partial charge in [0.1, 0.15) is 0 Å². The van der Waals surface area contributed by atoms with Crippen LogP contribution in [0.25, 0.3) is 0 Å². The van der Waals surface area contributed by atoms with Crippen LogP contribution in [0.5, 0.6) is 0 Å². The number of allylic oxidation sites excluding steroid dienone is 4. The Morgan fingerprint density at radius 1 is 0.531 bits per heavy atom. The van der Waals surface area contributed by atoms with E-state index in [-0.39, 0.29) is 0 Å². The minimum atomic E-state index is -1.46. The number of halogens is 6. The second kappa shape index (κ2) is 10.7. The number of hydrogen-bond donors (Lipinski definition) is 2. The van der Waals surface area contributed by atoms with Gasteiger partial charge in [-0.1, -0.05) is 128 Å². The summed E-state index contributed by atoms with van der Waals surface area (Å²) in [5.74, 6) is 0. The Kier molecular flexibility index (Phi) is 8.53. The summed E-state index contributed by atoms with van der Waals surface area (Å²) in [4.78, 5) is 4.60. The van der Waals surface area contributed by atoms with Crippen LogP contribution in [0.15, 0.2) is 102 Å². The highest BCUT2D eigenvalue weighted by Crippen LogP contribution is 2.55. The molecule has 0 unspecified atom stereocenters. The van der Waals surface area contributed by atoms with Crippen molar-refractivity contribution in [2.45, 2.75) is 27.2 Å². The Balaban J connectivity index is 1.66. The fourth-order valence-corrected chi connectivity index (χ4v) is 10.3. The third-order valence-corrected chi connectivity index (χ3v) is 12.5. The smallest absolute Gasteiger partial charge is 0.185 e. The molecule has 0 saturated heterocycles. The van der Waals surface area contributed by atoms with Crippen molar-refractivity contribution in [3.63, 3.8) is 0 Å². The highest BCUT2D eigenvalue weighted by Gasteiger charge is 2.26. The standard InChI is InChI=1S/C22H16Cl6S4/c23-21(24,25)15-5-7-17(19(13-15)31-9-1-2-10-31)29-30-18-8-6-16(22(26,27)28)14-20(18)32-11-3-4-12-32/h1-14,31-32H. The lowest BCUT2D eigenvalue weighted by Crippen LogP contribution is -2.01. The van der Waals surface area contributed by atoms with Gasteiger partial charge >= 0.3 is 0 Å². The van der Waals surface area contributed by atoms with E-state index in [9.17, 15) is 0 Å². The number of rotatable bonds is 5. The van der Waals surface area contributed by atoms with Crippen molar-refractivity contribution in [2.75, 3.05) is 0 Å². The summed E-state index contributed by atoms with van der Waals surface area (Å²) >= 11 is 36.9. The molecule has 2 aliphatic rings. The Bertz CT molecular complexity index is 1010. The first-order chi connectivity index (χ1) is 15.1. The molecule has 0 amide bonds. The number of thiol groups is 2. The van der Waals surface area contributed by atoms with Crippen molar-refractivity contribution in [1.29, 1.82) is 0 Å². The number of hydrogen-bond acceptors (Lipinski definition) is 2. The first-order valence-corrected chi connectivity index (χ1v) is 16.5. The van der Waals surface area contributed by atoms with Gasteiger partial charge in [0.05, 0.1) is 0 Å². The first-order valence-electron chi connectivity index (χ1n) is 9.16. The minimum absolute atomic E-state index is 0.584. The molecular weight excluding hydrogens is 605 g/mol. The fraction of sp³-hybridized carbons (Fsp3) is 0.0909. The third-order valence-electron chi connectivity index (χ3n) is 4.56. The van der Waals surface area contributed by atoms with Gasteiger partial charge in [-0.25, -0.2) is 0 Å². The molecule has 0 fully saturated rings. The zero-order chi connectivity index (χ0) is 22.9. The molecule has 0 aliphatic carbocycles. The molecular formula is C22H16Cl6S4. The average molecular weight is 621 g/mol. The highest BCUT2D eigenvalue weighted by atomic mass is 35.6. The predicted molar refractivity (Wildman–Crippen MR) is 154 cm³/mol. The molecule has 0 saturated carbocycles. The van der Waals surface area contributed by atoms with Gasteiger partial charge in [0.15, 0.2) is 0 Å². The van der Waals surface area contributed by atoms with Gasteiger partial charge in [0.25, 0.3) is 0 Å². The van der Waals surface area contributed by atoms with E-state index in [0.717, 1.165) is 19.6 Å². The van der Waals surface area contributed by atoms with Crippen LogP contribution < -0.4 is 0 Å². The van der Waals surface area contributed by atoms with Crippen LogP contribution in [-0.2, 0) is 7.59 Å². The summed E-state index contributed by atoms with van der Waals surface area (Å²) in [5, 5.41) is 8.78. The lowest BCUT2D eigenvalue weighted by Gasteiger charge is -2.21. The molecule has 2 aromatic rings. The summed E-state index contributed by atoms with van der Waals surface area (Å²) in [6.07, 6.45) is 8.24. The molecule has 0 N–H and O–H groups in total. The maximum Gasteiger partial charge on any atom is 0.216 e. The summed E-state index contributed by atoms with van der Waals surface area (Å²) in [5.41, 5.74) is 1.33. The summed E-state index contributed by atoms with van der Waals surface area (Å²) in [6.45, 7) is 0. The molecule has 10 heteroatoms. The zero-order valence-electron chi connectivity index (χ0n) is 16.1. The van der Waals surface area contributed by atoms with Crippen LogP contribution in [0.4, 0.5) is 0 Å². The molecule has 170 valence electrons. The zero-order valence-corrected chi connectivity index (χ0v) is 24.0. The second-order valence-electron chi connectivity index (χ2n) is 6.71. The summed E-state index contributed by atoms with van der Waals surface area (Å²) < 4.78 is -2.92. The van der Waals surface area contributed by atoms with E-state index in [4.69, 9.17) is 69.6 Å². The predicted octanol–water partition coefficient (Wildman–Crippen LogP) is 10.9. The molecule has 0 aromatic heterocycles. The summed E-state index contributed by atoms with van der Waals surface area (Å²) in [6, 6.07) is 11.8. The number of benzene rings is 2. The van der Waals surface area contributed by atoms with Gasteiger partial charge in [-0.3, -0.25) is 0 Å². The molecule has 0 spiro atoms. The molecule has 2 heterocycles. The number of alkyl halides is 6. The van der Waals surface area contributed by atoms with E-state index >= 15 is 0 Å². The normalized spacial score (nSPS) is 17.7. The van der Waals surface area contributed by atoms with Crippen LogP contribution in [0.2, 0.25) is 0 Å². The van der Waals surface area contributed by atoms with Crippen molar-refractivity contribution in [2.24, 2.45) is 0 Å². The molecule has 0 bridgehead atoms. The molecule has 0 radical (unpaired) electrons. The maximum atomic E-state index is 6.15. The first kappa shape index (κ1) is 25.6. The largest absolute Gasteiger partial charge is 0.216 e.